The van der Waals surface area contributed by atoms with Gasteiger partial charge in [0.05, 0.1) is 22.7 Å². The van der Waals surface area contributed by atoms with Crippen molar-refractivity contribution in [1.82, 2.24) is 0 Å². The molecule has 0 aromatic heterocycles. The van der Waals surface area contributed by atoms with Crippen molar-refractivity contribution in [3.63, 3.8) is 0 Å². The molecule has 0 fully saturated rings. The van der Waals surface area contributed by atoms with E-state index in [1.54, 1.807) is 0 Å². The van der Waals surface area contributed by atoms with Crippen LogP contribution in [0, 0.1) is 0 Å². The zero-order valence-corrected chi connectivity index (χ0v) is 11.6. The first-order valence-corrected chi connectivity index (χ1v) is 6.03. The maximum atomic E-state index is 9.54. The smallest absolute Gasteiger partial charge is 0.371 e. The average Bonchev–Trinajstić information content (AvgIpc) is 2.15. The molecule has 3 atom stereocenters. The fourth-order valence-corrected chi connectivity index (χ4v) is 0. The Hall–Kier alpha value is -1.29. The normalized spacial score (nSPS) is 12.6. The molecule has 0 aliphatic heterocycles. The van der Waals surface area contributed by atoms with E-state index < -0.39 is 46.5 Å². The molecule has 0 spiro atoms. The summed E-state index contributed by atoms with van der Waals surface area (Å²) in [6, 6.07) is 0. The summed E-state index contributed by atoms with van der Waals surface area (Å²) < 4.78 is 48.2. The van der Waals surface area contributed by atoms with Gasteiger partial charge in [0.25, 0.3) is 0 Å². The van der Waals surface area contributed by atoms with Gasteiger partial charge in [-0.3, -0.25) is 4.79 Å². The molecule has 0 saturated carbocycles. The lowest BCUT2D eigenvalue weighted by Gasteiger charge is -1.89. The molecule has 0 aromatic carbocycles. The van der Waals surface area contributed by atoms with Gasteiger partial charge in [0.15, 0.2) is 0 Å². The third-order valence-corrected chi connectivity index (χ3v) is 0.659. The molecule has 0 radical (unpaired) electrons. The topological polar surface area (TPSA) is 233 Å². The largest absolute Gasteiger partial charge is 0.750 e. The Labute approximate surface area is 117 Å². The van der Waals surface area contributed by atoms with Gasteiger partial charge in [-0.15, -0.1) is 0 Å². The van der Waals surface area contributed by atoms with Crippen LogP contribution in [0.15, 0.2) is 0 Å². The van der Waals surface area contributed by atoms with Crippen LogP contribution in [0.1, 0.15) is 13.8 Å². The highest BCUT2D eigenvalue weighted by Gasteiger charge is 2.01. The number of carbonyl (C=O) groups excluding carboxylic acids is 1. The molecule has 0 amide bonds. The van der Waals surface area contributed by atoms with Gasteiger partial charge in [-0.2, -0.15) is 0 Å². The molecule has 0 aliphatic rings. The Morgan fingerprint density at radius 2 is 1.10 bits per heavy atom. The fourth-order valence-electron chi connectivity index (χ4n) is 0. The van der Waals surface area contributed by atoms with E-state index in [2.05, 4.69) is 0 Å². The van der Waals surface area contributed by atoms with Gasteiger partial charge < -0.3 is 33.5 Å². The molecule has 0 aromatic rings. The van der Waals surface area contributed by atoms with Gasteiger partial charge in [-0.05, 0) is 6.92 Å². The zero-order chi connectivity index (χ0) is 17.5. The van der Waals surface area contributed by atoms with Crippen LogP contribution in [0.25, 0.3) is 0 Å². The van der Waals surface area contributed by atoms with Gasteiger partial charge >= 0.3 is 11.9 Å². The van der Waals surface area contributed by atoms with Crippen LogP contribution < -0.4 is 0 Å². The van der Waals surface area contributed by atoms with E-state index >= 15 is 0 Å². The number of aliphatic hydroxyl groups excluding tert-OH is 1. The van der Waals surface area contributed by atoms with Crippen molar-refractivity contribution in [2.24, 2.45) is 0 Å². The number of aliphatic hydroxyl groups is 1. The van der Waals surface area contributed by atoms with Crippen LogP contribution in [0.4, 0.5) is 0 Å². The number of rotatable bonds is 2. The summed E-state index contributed by atoms with van der Waals surface area (Å²) in [5, 5.41) is 23.4. The number of carboxylic acid groups (broad SMARTS) is 2. The summed E-state index contributed by atoms with van der Waals surface area (Å²) in [7, 11) is 0. The van der Waals surface area contributed by atoms with Crippen LogP contribution in [0.5, 0.6) is 0 Å². The standard InChI is InChI=1S/C3H6O3.C3H4O3.2H2O3S/c2*1-2(4)3(5)6;2*1-4(2)3/h2,4H,1H3,(H,5,6);1H3,(H,5,6);2*(H2,1,2,3)/p-2/t2-;;;/m0.../s1. The quantitative estimate of drug-likeness (QED) is 0.266. The van der Waals surface area contributed by atoms with Crippen LogP contribution >= 0.6 is 0 Å². The monoisotopic (exact) mass is 340 g/mol. The number of carboxylic acids is 2. The van der Waals surface area contributed by atoms with Gasteiger partial charge in [-0.25, -0.2) is 18.0 Å². The van der Waals surface area contributed by atoms with Crippen LogP contribution in [0.2, 0.25) is 0 Å². The van der Waals surface area contributed by atoms with E-state index in [4.69, 9.17) is 41.9 Å². The summed E-state index contributed by atoms with van der Waals surface area (Å²) in [6.07, 6.45) is -1.23. The SMILES string of the molecule is CC(=O)C(=O)O.C[C@H](O)C(=O)O.O=S([O-])O.O=S([O-])O. The molecule has 122 valence electrons. The highest BCUT2D eigenvalue weighted by Crippen LogP contribution is 1.73. The lowest BCUT2D eigenvalue weighted by atomic mass is 10.4. The summed E-state index contributed by atoms with van der Waals surface area (Å²) in [5.74, 6) is -3.39. The highest BCUT2D eigenvalue weighted by molar-refractivity contribution is 7.73. The van der Waals surface area contributed by atoms with Crippen molar-refractivity contribution < 1.29 is 56.3 Å². The number of carbonyl (C=O) groups is 3. The van der Waals surface area contributed by atoms with Crippen molar-refractivity contribution in [2.75, 3.05) is 0 Å². The Morgan fingerprint density at radius 3 is 1.10 bits per heavy atom. The first-order chi connectivity index (χ1) is 8.75. The van der Waals surface area contributed by atoms with Crippen molar-refractivity contribution in [2.45, 2.75) is 20.0 Å². The Kier molecular flexibility index (Phi) is 24.0. The molecule has 14 heteroatoms. The summed E-state index contributed by atoms with van der Waals surface area (Å²) in [5.41, 5.74) is 0. The lowest BCUT2D eigenvalue weighted by Crippen LogP contribution is -2.13. The van der Waals surface area contributed by atoms with Crippen molar-refractivity contribution in [3.8, 4) is 0 Å². The van der Waals surface area contributed by atoms with Crippen LogP contribution in [-0.4, -0.2) is 65.8 Å². The van der Waals surface area contributed by atoms with E-state index in [1.807, 2.05) is 0 Å². The molecule has 0 rings (SSSR count). The second kappa shape index (κ2) is 17.7. The minimum absolute atomic E-state index is 0.824. The van der Waals surface area contributed by atoms with Crippen molar-refractivity contribution >= 4 is 40.4 Å². The Bertz CT molecular complexity index is 305. The number of hydrogen-bond donors (Lipinski definition) is 5. The first kappa shape index (κ1) is 27.1. The number of hydrogen-bond acceptors (Lipinski definition) is 8. The third-order valence-electron chi connectivity index (χ3n) is 0.659. The second-order valence-corrected chi connectivity index (χ2v) is 3.18. The maximum absolute atomic E-state index is 9.54. The molecule has 0 aliphatic carbocycles. The summed E-state index contributed by atoms with van der Waals surface area (Å²) in [4.78, 5) is 28.3. The summed E-state index contributed by atoms with van der Waals surface area (Å²) >= 11 is -5.72. The zero-order valence-electron chi connectivity index (χ0n) is 9.99. The van der Waals surface area contributed by atoms with Gasteiger partial charge in [0, 0.05) is 6.92 Å². The molecule has 12 nitrogen and oxygen atoms in total. The number of Topliss-reactive ketones (excluding diaryl/α,β-unsaturated/α-hetero) is 1. The van der Waals surface area contributed by atoms with Gasteiger partial charge in [-0.1, -0.05) is 0 Å². The molecule has 0 bridgehead atoms. The predicted molar refractivity (Wildman–Crippen MR) is 60.7 cm³/mol. The maximum Gasteiger partial charge on any atom is 0.371 e. The Balaban J connectivity index is -0.0000000871. The van der Waals surface area contributed by atoms with E-state index in [0.717, 1.165) is 6.92 Å². The molecule has 0 heterocycles. The molecule has 5 N–H and O–H groups in total. The highest BCUT2D eigenvalue weighted by atomic mass is 32.2. The molecule has 20 heavy (non-hydrogen) atoms. The lowest BCUT2D eigenvalue weighted by molar-refractivity contribution is -0.148. The van der Waals surface area contributed by atoms with Gasteiger partial charge in [0.1, 0.15) is 6.10 Å². The summed E-state index contributed by atoms with van der Waals surface area (Å²) in [6.45, 7) is 2.20. The van der Waals surface area contributed by atoms with E-state index in [-0.39, 0.29) is 0 Å². The molecular weight excluding hydrogens is 328 g/mol. The molecular formula is C6H12O12S2-2. The van der Waals surface area contributed by atoms with Crippen molar-refractivity contribution in [1.29, 1.82) is 0 Å². The second-order valence-electron chi connectivity index (χ2n) is 2.31. The fraction of sp³-hybridized carbons (Fsp3) is 0.500. The molecule has 2 unspecified atom stereocenters. The first-order valence-electron chi connectivity index (χ1n) is 3.97. The number of aliphatic carboxylic acids is 2. The minimum Gasteiger partial charge on any atom is -0.750 e. The molecule has 0 saturated heterocycles. The number of ketones is 1. The van der Waals surface area contributed by atoms with Crippen LogP contribution in [0.3, 0.4) is 0 Å². The third kappa shape index (κ3) is 91.6. The van der Waals surface area contributed by atoms with Crippen LogP contribution in [-0.2, 0) is 37.1 Å². The predicted octanol–water partition coefficient (Wildman–Crippen LogP) is -2.21. The Morgan fingerprint density at radius 1 is 1.00 bits per heavy atom. The van der Waals surface area contributed by atoms with E-state index in [0.29, 0.717) is 0 Å². The van der Waals surface area contributed by atoms with Crippen molar-refractivity contribution in [3.05, 3.63) is 0 Å². The van der Waals surface area contributed by atoms with E-state index in [1.165, 1.54) is 6.92 Å². The van der Waals surface area contributed by atoms with E-state index in [9.17, 15) is 14.4 Å². The minimum atomic E-state index is -2.86. The average molecular weight is 340 g/mol. The van der Waals surface area contributed by atoms with Gasteiger partial charge in [0.2, 0.25) is 5.78 Å².